The molecule has 0 saturated carbocycles. The molecule has 0 spiro atoms. The van der Waals surface area contributed by atoms with Gasteiger partial charge in [-0.3, -0.25) is 19.4 Å². The number of furan rings is 1. The van der Waals surface area contributed by atoms with E-state index in [-0.39, 0.29) is 23.5 Å². The Morgan fingerprint density at radius 1 is 0.829 bits per heavy atom. The molecule has 176 valence electrons. The van der Waals surface area contributed by atoms with Crippen molar-refractivity contribution >= 4 is 45.4 Å². The van der Waals surface area contributed by atoms with Gasteiger partial charge in [0.1, 0.15) is 5.00 Å². The second kappa shape index (κ2) is 9.94. The number of nitrogens with zero attached hydrogens (tertiary/aromatic N) is 1. The van der Waals surface area contributed by atoms with Crippen LogP contribution in [0, 0.1) is 0 Å². The summed E-state index contributed by atoms with van der Waals surface area (Å²) in [5, 5.41) is 9.14. The zero-order chi connectivity index (χ0) is 24.2. The van der Waals surface area contributed by atoms with Crippen molar-refractivity contribution in [2.45, 2.75) is 25.7 Å². The maximum absolute atomic E-state index is 13.4. The molecule has 0 aliphatic heterocycles. The Morgan fingerprint density at radius 3 is 2.26 bits per heavy atom. The van der Waals surface area contributed by atoms with Crippen LogP contribution in [0.15, 0.2) is 71.6 Å². The number of hydrogen-bond donors (Lipinski definition) is 3. The van der Waals surface area contributed by atoms with Gasteiger partial charge in [-0.25, -0.2) is 0 Å². The largest absolute Gasteiger partial charge is 0.459 e. The smallest absolute Gasteiger partial charge is 0.291 e. The highest BCUT2D eigenvalue weighted by molar-refractivity contribution is 7.17. The zero-order valence-electron chi connectivity index (χ0n) is 18.7. The van der Waals surface area contributed by atoms with E-state index in [2.05, 4.69) is 20.9 Å². The van der Waals surface area contributed by atoms with Crippen LogP contribution in [-0.2, 0) is 12.8 Å². The number of aryl methyl sites for hydroxylation is 1. The Labute approximate surface area is 205 Å². The Bertz CT molecular complexity index is 1360. The number of aromatic nitrogens is 1. The van der Waals surface area contributed by atoms with Gasteiger partial charge in [-0.05, 0) is 79.8 Å². The van der Waals surface area contributed by atoms with E-state index in [1.54, 1.807) is 54.7 Å². The molecule has 3 heterocycles. The summed E-state index contributed by atoms with van der Waals surface area (Å²) >= 11 is 1.46. The molecular weight excluding hydrogens is 464 g/mol. The van der Waals surface area contributed by atoms with Crippen LogP contribution in [0.4, 0.5) is 16.4 Å². The maximum Gasteiger partial charge on any atom is 0.291 e. The number of amides is 3. The van der Waals surface area contributed by atoms with E-state index in [9.17, 15) is 14.4 Å². The summed E-state index contributed by atoms with van der Waals surface area (Å²) in [6.07, 6.45) is 8.30. The summed E-state index contributed by atoms with van der Waals surface area (Å²) in [6, 6.07) is 13.4. The molecule has 1 aromatic carbocycles. The lowest BCUT2D eigenvalue weighted by atomic mass is 9.95. The molecule has 5 rings (SSSR count). The van der Waals surface area contributed by atoms with Gasteiger partial charge in [0.25, 0.3) is 17.7 Å². The van der Waals surface area contributed by atoms with Gasteiger partial charge in [0.05, 0.1) is 17.4 Å². The summed E-state index contributed by atoms with van der Waals surface area (Å²) < 4.78 is 5.10. The van der Waals surface area contributed by atoms with Gasteiger partial charge in [-0.2, -0.15) is 0 Å². The van der Waals surface area contributed by atoms with Gasteiger partial charge in [0.2, 0.25) is 0 Å². The Hall–Kier alpha value is -4.24. The van der Waals surface area contributed by atoms with Crippen LogP contribution in [0.2, 0.25) is 0 Å². The summed E-state index contributed by atoms with van der Waals surface area (Å²) in [7, 11) is 0. The minimum Gasteiger partial charge on any atom is -0.459 e. The molecule has 0 atom stereocenters. The molecule has 4 aromatic rings. The first-order valence-electron chi connectivity index (χ1n) is 11.2. The van der Waals surface area contributed by atoms with Gasteiger partial charge in [-0.1, -0.05) is 0 Å². The van der Waals surface area contributed by atoms with Crippen molar-refractivity contribution in [2.75, 3.05) is 16.0 Å². The quantitative estimate of drug-likeness (QED) is 0.339. The van der Waals surface area contributed by atoms with Crippen LogP contribution < -0.4 is 16.0 Å². The maximum atomic E-state index is 13.4. The van der Waals surface area contributed by atoms with E-state index in [0.29, 0.717) is 27.5 Å². The summed E-state index contributed by atoms with van der Waals surface area (Å²) in [6.45, 7) is 0. The Morgan fingerprint density at radius 2 is 1.57 bits per heavy atom. The van der Waals surface area contributed by atoms with Gasteiger partial charge in [0, 0.05) is 28.6 Å². The van der Waals surface area contributed by atoms with Gasteiger partial charge < -0.3 is 20.4 Å². The van der Waals surface area contributed by atoms with E-state index in [0.717, 1.165) is 36.1 Å². The molecule has 3 amide bonds. The molecular formula is C26H22N4O4S. The number of nitrogens with one attached hydrogen (secondary N) is 3. The van der Waals surface area contributed by atoms with Gasteiger partial charge in [-0.15, -0.1) is 11.3 Å². The molecule has 0 saturated heterocycles. The third-order valence-corrected chi connectivity index (χ3v) is 6.90. The van der Waals surface area contributed by atoms with Crippen molar-refractivity contribution in [2.24, 2.45) is 0 Å². The van der Waals surface area contributed by atoms with Crippen molar-refractivity contribution in [3.8, 4) is 0 Å². The average molecular weight is 487 g/mol. The van der Waals surface area contributed by atoms with E-state index in [1.807, 2.05) is 0 Å². The second-order valence-corrected chi connectivity index (χ2v) is 9.18. The Balaban J connectivity index is 1.33. The van der Waals surface area contributed by atoms with Crippen molar-refractivity contribution in [3.63, 3.8) is 0 Å². The van der Waals surface area contributed by atoms with Crippen molar-refractivity contribution in [1.82, 2.24) is 4.98 Å². The predicted molar refractivity (Wildman–Crippen MR) is 134 cm³/mol. The number of carbonyl (C=O) groups is 3. The number of hydrogen-bond acceptors (Lipinski definition) is 6. The highest BCUT2D eigenvalue weighted by Crippen LogP contribution is 2.38. The van der Waals surface area contributed by atoms with Crippen molar-refractivity contribution in [3.05, 3.63) is 94.5 Å². The third kappa shape index (κ3) is 4.99. The van der Waals surface area contributed by atoms with Crippen LogP contribution in [0.5, 0.6) is 0 Å². The molecule has 1 aliphatic carbocycles. The number of benzene rings is 1. The monoisotopic (exact) mass is 486 g/mol. The van der Waals surface area contributed by atoms with Crippen LogP contribution in [0.3, 0.4) is 0 Å². The normalized spacial score (nSPS) is 12.5. The number of rotatable bonds is 6. The fraction of sp³-hybridized carbons (Fsp3) is 0.154. The van der Waals surface area contributed by atoms with E-state index in [4.69, 9.17) is 4.42 Å². The molecule has 3 aromatic heterocycles. The lowest BCUT2D eigenvalue weighted by Gasteiger charge is -2.13. The first kappa shape index (κ1) is 22.5. The predicted octanol–water partition coefficient (Wildman–Crippen LogP) is 5.37. The van der Waals surface area contributed by atoms with Crippen LogP contribution in [-0.4, -0.2) is 22.7 Å². The molecule has 8 nitrogen and oxygen atoms in total. The highest BCUT2D eigenvalue weighted by Gasteiger charge is 2.26. The third-order valence-electron chi connectivity index (χ3n) is 5.69. The van der Waals surface area contributed by atoms with Gasteiger partial charge >= 0.3 is 0 Å². The SMILES string of the molecule is O=C(Nc1sc2c(c1C(=O)Nc1ccc(NC(=O)c3ccco3)cc1)CCCC2)c1cccnc1. The number of thiophene rings is 1. The topological polar surface area (TPSA) is 113 Å². The van der Waals surface area contributed by atoms with E-state index >= 15 is 0 Å². The minimum absolute atomic E-state index is 0.213. The molecule has 9 heteroatoms. The Kier molecular flexibility index (Phi) is 6.40. The molecule has 0 radical (unpaired) electrons. The van der Waals surface area contributed by atoms with E-state index < -0.39 is 0 Å². The molecule has 3 N–H and O–H groups in total. The second-order valence-electron chi connectivity index (χ2n) is 8.07. The van der Waals surface area contributed by atoms with Crippen LogP contribution >= 0.6 is 11.3 Å². The zero-order valence-corrected chi connectivity index (χ0v) is 19.5. The number of fused-ring (bicyclic) bond motifs is 1. The fourth-order valence-electron chi connectivity index (χ4n) is 4.00. The van der Waals surface area contributed by atoms with Crippen LogP contribution in [0.1, 0.15) is 54.6 Å². The fourth-order valence-corrected chi connectivity index (χ4v) is 5.28. The number of pyridine rings is 1. The van der Waals surface area contributed by atoms with Crippen LogP contribution in [0.25, 0.3) is 0 Å². The standard InChI is InChI=1S/C26H22N4O4S/c31-23(16-5-3-13-27-15-16)30-26-22(19-6-1-2-8-21(19)35-26)25(33)29-18-11-9-17(10-12-18)28-24(32)20-7-4-14-34-20/h3-5,7,9-15H,1-2,6,8H2,(H,28,32)(H,29,33)(H,30,31). The summed E-state index contributed by atoms with van der Waals surface area (Å²) in [5.74, 6) is -0.725. The number of anilines is 3. The number of carbonyl (C=O) groups excluding carboxylic acids is 3. The molecule has 1 aliphatic rings. The lowest BCUT2D eigenvalue weighted by Crippen LogP contribution is -2.18. The highest BCUT2D eigenvalue weighted by atomic mass is 32.1. The molecule has 35 heavy (non-hydrogen) atoms. The van der Waals surface area contributed by atoms with E-state index in [1.165, 1.54) is 23.8 Å². The first-order chi connectivity index (χ1) is 17.1. The molecule has 0 unspecified atom stereocenters. The first-order valence-corrected chi connectivity index (χ1v) is 12.0. The average Bonchev–Trinajstić information content (AvgIpc) is 3.54. The lowest BCUT2D eigenvalue weighted by molar-refractivity contribution is 0.0992. The summed E-state index contributed by atoms with van der Waals surface area (Å²) in [4.78, 5) is 43.4. The summed E-state index contributed by atoms with van der Waals surface area (Å²) in [5.41, 5.74) is 3.09. The van der Waals surface area contributed by atoms with Crippen molar-refractivity contribution < 1.29 is 18.8 Å². The minimum atomic E-state index is -0.356. The molecule has 0 bridgehead atoms. The molecule has 0 fully saturated rings. The van der Waals surface area contributed by atoms with Gasteiger partial charge in [0.15, 0.2) is 5.76 Å². The van der Waals surface area contributed by atoms with Crippen molar-refractivity contribution in [1.29, 1.82) is 0 Å².